The van der Waals surface area contributed by atoms with E-state index in [0.717, 1.165) is 11.1 Å². The topological polar surface area (TPSA) is 99.9 Å². The van der Waals surface area contributed by atoms with Crippen LogP contribution in [0.4, 0.5) is 0 Å². The lowest BCUT2D eigenvalue weighted by Crippen LogP contribution is -2.36. The summed E-state index contributed by atoms with van der Waals surface area (Å²) in [6, 6.07) is 20.7. The number of hydrogen-bond acceptors (Lipinski definition) is 6. The van der Waals surface area contributed by atoms with Crippen LogP contribution in [0.15, 0.2) is 72.8 Å². The van der Waals surface area contributed by atoms with Crippen LogP contribution in [0, 0.1) is 0 Å². The lowest BCUT2D eigenvalue weighted by atomic mass is 9.95. The Kier molecular flexibility index (Phi) is 7.74. The largest absolute Gasteiger partial charge is 0.493 e. The molecular formula is C24H28N2O5S. The van der Waals surface area contributed by atoms with E-state index in [9.17, 15) is 8.42 Å². The van der Waals surface area contributed by atoms with E-state index in [2.05, 4.69) is 4.72 Å². The van der Waals surface area contributed by atoms with Gasteiger partial charge >= 0.3 is 0 Å². The number of ether oxygens (including phenoxy) is 3. The predicted molar refractivity (Wildman–Crippen MR) is 124 cm³/mol. The van der Waals surface area contributed by atoms with Crippen LogP contribution in [0.5, 0.6) is 17.2 Å². The molecule has 0 fully saturated rings. The molecule has 0 aliphatic carbocycles. The van der Waals surface area contributed by atoms with Crippen molar-refractivity contribution in [3.63, 3.8) is 0 Å². The molecule has 3 rings (SSSR count). The van der Waals surface area contributed by atoms with Crippen LogP contribution in [0.1, 0.15) is 28.8 Å². The highest BCUT2D eigenvalue weighted by Crippen LogP contribution is 2.38. The number of hydrogen-bond donors (Lipinski definition) is 2. The van der Waals surface area contributed by atoms with Crippen LogP contribution in [0.2, 0.25) is 0 Å². The van der Waals surface area contributed by atoms with Gasteiger partial charge in [-0.3, -0.25) is 0 Å². The molecule has 0 heterocycles. The number of rotatable bonds is 10. The van der Waals surface area contributed by atoms with Gasteiger partial charge in [0.1, 0.15) is 0 Å². The number of benzene rings is 3. The number of nitrogens with one attached hydrogen (secondary N) is 1. The van der Waals surface area contributed by atoms with Gasteiger partial charge in [0, 0.05) is 0 Å². The molecule has 3 aromatic carbocycles. The summed E-state index contributed by atoms with van der Waals surface area (Å²) in [6.45, 7) is 0. The van der Waals surface area contributed by atoms with Gasteiger partial charge in [-0.05, 0) is 28.8 Å². The van der Waals surface area contributed by atoms with Crippen molar-refractivity contribution in [1.29, 1.82) is 0 Å². The highest BCUT2D eigenvalue weighted by molar-refractivity contribution is 7.88. The summed E-state index contributed by atoms with van der Waals surface area (Å²) in [4.78, 5) is 0. The molecule has 8 heteroatoms. The second-order valence-electron chi connectivity index (χ2n) is 7.24. The number of nitrogens with two attached hydrogens (primary N) is 1. The third-order valence-corrected chi connectivity index (χ3v) is 6.42. The summed E-state index contributed by atoms with van der Waals surface area (Å²) in [5.74, 6) is 0.891. The molecule has 2 atom stereocenters. The molecule has 0 radical (unpaired) electrons. The first-order chi connectivity index (χ1) is 15.4. The molecule has 2 unspecified atom stereocenters. The Bertz CT molecular complexity index is 1100. The van der Waals surface area contributed by atoms with Gasteiger partial charge in [0.15, 0.2) is 11.5 Å². The Morgan fingerprint density at radius 3 is 1.78 bits per heavy atom. The van der Waals surface area contributed by atoms with Crippen molar-refractivity contribution >= 4 is 10.0 Å². The molecule has 0 aromatic heterocycles. The summed E-state index contributed by atoms with van der Waals surface area (Å²) < 4.78 is 45.2. The van der Waals surface area contributed by atoms with E-state index < -0.39 is 22.1 Å². The van der Waals surface area contributed by atoms with Crippen LogP contribution in [0.3, 0.4) is 0 Å². The molecule has 3 aromatic rings. The second kappa shape index (κ2) is 10.5. The first-order valence-electron chi connectivity index (χ1n) is 10.0. The Balaban J connectivity index is 1.92. The molecule has 32 heavy (non-hydrogen) atoms. The summed E-state index contributed by atoms with van der Waals surface area (Å²) >= 11 is 0. The summed E-state index contributed by atoms with van der Waals surface area (Å²) in [7, 11) is 0.676. The zero-order chi connectivity index (χ0) is 23.1. The van der Waals surface area contributed by atoms with Crippen LogP contribution in [-0.2, 0) is 15.8 Å². The van der Waals surface area contributed by atoms with Crippen molar-refractivity contribution < 1.29 is 22.6 Å². The first-order valence-corrected chi connectivity index (χ1v) is 11.7. The zero-order valence-corrected chi connectivity index (χ0v) is 19.1. The van der Waals surface area contributed by atoms with Gasteiger partial charge in [0.25, 0.3) is 0 Å². The SMILES string of the molecule is COc1cc(CS(=O)(=O)NC(c2ccccc2)C(N)c2ccccc2)cc(OC)c1OC. The first kappa shape index (κ1) is 23.6. The quantitative estimate of drug-likeness (QED) is 0.484. The maximum Gasteiger partial charge on any atom is 0.216 e. The van der Waals surface area contributed by atoms with Crippen molar-refractivity contribution in [3.8, 4) is 17.2 Å². The Hall–Kier alpha value is -3.07. The minimum atomic E-state index is -3.79. The molecule has 7 nitrogen and oxygen atoms in total. The fourth-order valence-corrected chi connectivity index (χ4v) is 4.91. The Morgan fingerprint density at radius 1 is 0.812 bits per heavy atom. The van der Waals surface area contributed by atoms with Gasteiger partial charge in [0.2, 0.25) is 15.8 Å². The number of sulfonamides is 1. The van der Waals surface area contributed by atoms with Crippen LogP contribution in [0.25, 0.3) is 0 Å². The molecule has 0 saturated heterocycles. The average Bonchev–Trinajstić information content (AvgIpc) is 2.82. The van der Waals surface area contributed by atoms with E-state index in [-0.39, 0.29) is 5.75 Å². The smallest absolute Gasteiger partial charge is 0.216 e. The van der Waals surface area contributed by atoms with Crippen molar-refractivity contribution in [2.24, 2.45) is 5.73 Å². The monoisotopic (exact) mass is 456 g/mol. The molecule has 3 N–H and O–H groups in total. The number of methoxy groups -OCH3 is 3. The van der Waals surface area contributed by atoms with Gasteiger partial charge in [-0.2, -0.15) is 0 Å². The lowest BCUT2D eigenvalue weighted by Gasteiger charge is -2.26. The molecule has 0 aliphatic rings. The molecule has 0 spiro atoms. The summed E-state index contributed by atoms with van der Waals surface area (Å²) in [6.07, 6.45) is 0. The molecule has 0 aliphatic heterocycles. The second-order valence-corrected chi connectivity index (χ2v) is 8.99. The summed E-state index contributed by atoms with van der Waals surface area (Å²) in [5.41, 5.74) is 8.62. The highest BCUT2D eigenvalue weighted by atomic mass is 32.2. The standard InChI is InChI=1S/C24H28N2O5S/c1-29-20-14-17(15-21(30-2)24(20)31-3)16-32(27,28)26-23(19-12-8-5-9-13-19)22(25)18-10-6-4-7-11-18/h4-15,22-23,26H,16,25H2,1-3H3. The predicted octanol–water partition coefficient (Wildman–Crippen LogP) is 3.57. The fourth-order valence-electron chi connectivity index (χ4n) is 3.55. The van der Waals surface area contributed by atoms with Crippen molar-refractivity contribution in [1.82, 2.24) is 4.72 Å². The molecule has 0 amide bonds. The Morgan fingerprint density at radius 2 is 1.31 bits per heavy atom. The third kappa shape index (κ3) is 5.59. The Labute approximate surface area is 189 Å². The van der Waals surface area contributed by atoms with E-state index in [1.165, 1.54) is 21.3 Å². The highest BCUT2D eigenvalue weighted by Gasteiger charge is 2.27. The maximum absolute atomic E-state index is 13.2. The van der Waals surface area contributed by atoms with Gasteiger partial charge in [-0.15, -0.1) is 0 Å². The molecular weight excluding hydrogens is 428 g/mol. The minimum Gasteiger partial charge on any atom is -0.493 e. The van der Waals surface area contributed by atoms with Gasteiger partial charge in [-0.25, -0.2) is 13.1 Å². The zero-order valence-electron chi connectivity index (χ0n) is 18.3. The van der Waals surface area contributed by atoms with Gasteiger partial charge in [-0.1, -0.05) is 60.7 Å². The molecule has 0 saturated carbocycles. The van der Waals surface area contributed by atoms with Crippen molar-refractivity contribution in [3.05, 3.63) is 89.5 Å². The van der Waals surface area contributed by atoms with Crippen molar-refractivity contribution in [2.75, 3.05) is 21.3 Å². The van der Waals surface area contributed by atoms with E-state index in [4.69, 9.17) is 19.9 Å². The average molecular weight is 457 g/mol. The minimum absolute atomic E-state index is 0.283. The van der Waals surface area contributed by atoms with Crippen LogP contribution in [-0.4, -0.2) is 29.7 Å². The third-order valence-electron chi connectivity index (χ3n) is 5.09. The van der Waals surface area contributed by atoms with Gasteiger partial charge in [0.05, 0.1) is 39.2 Å². The molecule has 0 bridgehead atoms. The lowest BCUT2D eigenvalue weighted by molar-refractivity contribution is 0.324. The summed E-state index contributed by atoms with van der Waals surface area (Å²) in [5, 5.41) is 0. The normalized spacial score (nSPS) is 13.2. The van der Waals surface area contributed by atoms with Crippen molar-refractivity contribution in [2.45, 2.75) is 17.8 Å². The molecule has 170 valence electrons. The van der Waals surface area contributed by atoms with Crippen LogP contribution < -0.4 is 24.7 Å². The van der Waals surface area contributed by atoms with E-state index in [0.29, 0.717) is 22.8 Å². The van der Waals surface area contributed by atoms with Crippen LogP contribution >= 0.6 is 0 Å². The maximum atomic E-state index is 13.2. The van der Waals surface area contributed by atoms with E-state index >= 15 is 0 Å². The van der Waals surface area contributed by atoms with E-state index in [1.54, 1.807) is 12.1 Å². The van der Waals surface area contributed by atoms with E-state index in [1.807, 2.05) is 60.7 Å². The van der Waals surface area contributed by atoms with Gasteiger partial charge < -0.3 is 19.9 Å². The fraction of sp³-hybridized carbons (Fsp3) is 0.250.